The second-order valence-electron chi connectivity index (χ2n) is 29.4. The number of nitrogens with two attached hydrogens (primary N) is 1. The second kappa shape index (κ2) is 31.0. The highest BCUT2D eigenvalue weighted by Gasteiger charge is 2.66. The van der Waals surface area contributed by atoms with E-state index in [-0.39, 0.29) is 84.3 Å². The number of unbranched alkanes of at least 4 members (excludes halogenated alkanes) is 2. The first-order chi connectivity index (χ1) is 49.4. The number of aromatic nitrogens is 4. The van der Waals surface area contributed by atoms with Gasteiger partial charge in [-0.2, -0.15) is 13.5 Å². The zero-order valence-corrected chi connectivity index (χ0v) is 60.4. The smallest absolute Gasteiger partial charge is 0.410 e. The molecular formula is C73H88N14O15S2. The predicted octanol–water partition coefficient (Wildman–Crippen LogP) is 7.64. The second-order valence-corrected chi connectivity index (χ2v) is 32.0. The molecule has 12 rings (SSSR count). The Morgan fingerprint density at radius 1 is 0.798 bits per heavy atom. The van der Waals surface area contributed by atoms with Crippen molar-refractivity contribution in [2.24, 2.45) is 27.9 Å². The van der Waals surface area contributed by atoms with Crippen LogP contribution in [0.25, 0.3) is 21.3 Å². The van der Waals surface area contributed by atoms with Crippen molar-refractivity contribution < 1.29 is 70.8 Å². The lowest BCUT2D eigenvalue weighted by atomic mass is 9.38. The summed E-state index contributed by atoms with van der Waals surface area (Å²) in [7, 11) is -4.62. The van der Waals surface area contributed by atoms with Crippen molar-refractivity contribution in [3.63, 3.8) is 0 Å². The molecule has 104 heavy (non-hydrogen) atoms. The number of ether oxygens (including phenoxy) is 1. The molecular weight excluding hydrogens is 1380 g/mol. The molecule has 6 aromatic rings. The molecule has 3 unspecified atom stereocenters. The first-order valence-corrected chi connectivity index (χ1v) is 37.3. The summed E-state index contributed by atoms with van der Waals surface area (Å²) in [5.74, 6) is -5.35. The minimum Gasteiger partial charge on any atom is -0.476 e. The summed E-state index contributed by atoms with van der Waals surface area (Å²) in [6, 6.07) is 20.0. The number of primary amides is 1. The number of imide groups is 1. The SMILES string of the molecule is Cc1c(-c2ccc(N3CCc4cccc(C(=O)Nc5nc6ccccc6s5)c4C3)nc2C(=O)O)cnn1CC12CC3(C)CC(C)(C1)CC(NC(=O)CN(CCS(=O)(=O)O)C(=O)OCc1ccc(NC(=O)[C@H](CCCNC(N)=O)NC(=O)C(NC(=O)CCCCCN4C(=O)C=CC4=O)C(C)C)cc1)(C3)C2. The number of nitrogens with zero attached hydrogens (tertiary/aromatic N) is 7. The van der Waals surface area contributed by atoms with Crippen molar-refractivity contribution in [2.75, 3.05) is 54.0 Å². The number of hydrogen-bond acceptors (Lipinski definition) is 18. The number of fused-ring (bicyclic) bond motifs is 2. The highest BCUT2D eigenvalue weighted by molar-refractivity contribution is 7.85. The highest BCUT2D eigenvalue weighted by atomic mass is 32.2. The van der Waals surface area contributed by atoms with Crippen LogP contribution >= 0.6 is 11.3 Å². The Hall–Kier alpha value is -10.1. The maximum absolute atomic E-state index is 14.5. The van der Waals surface area contributed by atoms with Crippen LogP contribution in [-0.2, 0) is 69.7 Å². The summed E-state index contributed by atoms with van der Waals surface area (Å²) in [5.41, 5.74) is 9.06. The summed E-state index contributed by atoms with van der Waals surface area (Å²) >= 11 is 1.39. The van der Waals surface area contributed by atoms with Gasteiger partial charge in [-0.05, 0) is 159 Å². The quantitative estimate of drug-likeness (QED) is 0.0115. The average Bonchev–Trinajstić information content (AvgIpc) is 0.712. The topological polar surface area (TPSA) is 406 Å². The number of amides is 10. The number of rotatable bonds is 31. The van der Waals surface area contributed by atoms with Crippen molar-refractivity contribution >= 4 is 108 Å². The molecule has 10 N–H and O–H groups in total. The van der Waals surface area contributed by atoms with Crippen molar-refractivity contribution in [2.45, 2.75) is 155 Å². The van der Waals surface area contributed by atoms with Gasteiger partial charge in [0.05, 0.1) is 22.2 Å². The van der Waals surface area contributed by atoms with Crippen LogP contribution in [0.3, 0.4) is 0 Å². The van der Waals surface area contributed by atoms with Crippen LogP contribution in [0, 0.1) is 29.1 Å². The number of carbonyl (C=O) groups excluding carboxylic acids is 9. The Labute approximate surface area is 605 Å². The van der Waals surface area contributed by atoms with E-state index in [0.717, 1.165) is 56.1 Å². The summed E-state index contributed by atoms with van der Waals surface area (Å²) in [4.78, 5) is 145. The third-order valence-corrected chi connectivity index (χ3v) is 21.9. The number of benzene rings is 3. The van der Waals surface area contributed by atoms with E-state index >= 15 is 0 Å². The number of nitrogens with one attached hydrogen (secondary N) is 6. The first-order valence-electron chi connectivity index (χ1n) is 34.9. The normalized spacial score (nSPS) is 20.8. The molecule has 4 bridgehead atoms. The van der Waals surface area contributed by atoms with E-state index in [9.17, 15) is 66.0 Å². The van der Waals surface area contributed by atoms with Gasteiger partial charge in [0.25, 0.3) is 27.8 Å². The van der Waals surface area contributed by atoms with Gasteiger partial charge in [0.2, 0.25) is 23.6 Å². The lowest BCUT2D eigenvalue weighted by Gasteiger charge is -2.69. The summed E-state index contributed by atoms with van der Waals surface area (Å²) in [6.45, 7) is 9.88. The lowest BCUT2D eigenvalue weighted by molar-refractivity contribution is -0.175. The maximum Gasteiger partial charge on any atom is 0.410 e. The molecule has 10 amide bonds. The first kappa shape index (κ1) is 75.0. The molecule has 552 valence electrons. The predicted molar refractivity (Wildman–Crippen MR) is 386 cm³/mol. The number of urea groups is 1. The molecule has 4 aliphatic carbocycles. The molecule has 2 aliphatic heterocycles. The largest absolute Gasteiger partial charge is 0.476 e. The molecule has 4 saturated carbocycles. The Morgan fingerprint density at radius 2 is 1.53 bits per heavy atom. The molecule has 0 saturated heterocycles. The fraction of sp³-hybridized carbons (Fsp3) is 0.466. The minimum absolute atomic E-state index is 0.0519. The molecule has 4 atom stereocenters. The minimum atomic E-state index is -4.62. The summed E-state index contributed by atoms with van der Waals surface area (Å²) in [6.07, 6.45) is 9.82. The molecule has 6 aliphatic rings. The van der Waals surface area contributed by atoms with Crippen molar-refractivity contribution in [3.05, 3.63) is 131 Å². The van der Waals surface area contributed by atoms with Gasteiger partial charge in [0.1, 0.15) is 31.1 Å². The molecule has 3 aromatic heterocycles. The third-order valence-electron chi connectivity index (χ3n) is 20.3. The number of aromatic carboxylic acids is 1. The van der Waals surface area contributed by atoms with Crippen LogP contribution in [-0.4, -0.2) is 163 Å². The Morgan fingerprint density at radius 3 is 2.22 bits per heavy atom. The fourth-order valence-corrected chi connectivity index (χ4v) is 18.2. The zero-order valence-electron chi connectivity index (χ0n) is 58.8. The fourth-order valence-electron chi connectivity index (χ4n) is 16.8. The number of pyridine rings is 1. The summed E-state index contributed by atoms with van der Waals surface area (Å²) < 4.78 is 42.6. The maximum atomic E-state index is 14.5. The number of thiazole rings is 1. The number of para-hydroxylation sites is 1. The molecule has 5 heterocycles. The van der Waals surface area contributed by atoms with Crippen LogP contribution in [0.5, 0.6) is 0 Å². The van der Waals surface area contributed by atoms with E-state index < -0.39 is 94.2 Å². The van der Waals surface area contributed by atoms with Gasteiger partial charge < -0.3 is 47.1 Å². The van der Waals surface area contributed by atoms with Gasteiger partial charge in [-0.15, -0.1) is 0 Å². The number of hydrogen-bond donors (Lipinski definition) is 9. The van der Waals surface area contributed by atoms with E-state index in [0.29, 0.717) is 97.8 Å². The van der Waals surface area contributed by atoms with Gasteiger partial charge in [0.15, 0.2) is 10.8 Å². The van der Waals surface area contributed by atoms with Crippen LogP contribution in [0.4, 0.5) is 26.2 Å². The molecule has 4 fully saturated rings. The van der Waals surface area contributed by atoms with E-state index in [1.165, 1.54) is 35.6 Å². The van der Waals surface area contributed by atoms with E-state index in [2.05, 4.69) is 50.7 Å². The summed E-state index contributed by atoms with van der Waals surface area (Å²) in [5, 5.41) is 33.1. The Balaban J connectivity index is 0.707. The van der Waals surface area contributed by atoms with E-state index in [4.69, 9.17) is 20.6 Å². The van der Waals surface area contributed by atoms with Crippen LogP contribution in [0.15, 0.2) is 97.2 Å². The van der Waals surface area contributed by atoms with Gasteiger partial charge >= 0.3 is 18.1 Å². The molecule has 0 spiro atoms. The van der Waals surface area contributed by atoms with E-state index in [1.807, 2.05) is 52.9 Å². The Bertz CT molecular complexity index is 4430. The lowest BCUT2D eigenvalue weighted by Crippen LogP contribution is -2.69. The van der Waals surface area contributed by atoms with Crippen LogP contribution in [0.1, 0.15) is 148 Å². The van der Waals surface area contributed by atoms with E-state index in [1.54, 1.807) is 50.4 Å². The number of carbonyl (C=O) groups is 10. The van der Waals surface area contributed by atoms with Gasteiger partial charge in [-0.3, -0.25) is 57.9 Å². The third kappa shape index (κ3) is 18.1. The number of carboxylic acids is 1. The molecule has 31 heteroatoms. The van der Waals surface area contributed by atoms with Crippen LogP contribution in [0.2, 0.25) is 0 Å². The highest BCUT2D eigenvalue weighted by Crippen LogP contribution is 2.71. The van der Waals surface area contributed by atoms with Gasteiger partial charge in [-0.1, -0.05) is 81.9 Å². The number of anilines is 3. The molecule has 3 aromatic carbocycles. The van der Waals surface area contributed by atoms with Crippen molar-refractivity contribution in [1.29, 1.82) is 0 Å². The Kier molecular flexibility index (Phi) is 22.4. The average molecular weight is 1470 g/mol. The molecule has 29 nitrogen and oxygen atoms in total. The van der Waals surface area contributed by atoms with Gasteiger partial charge in [0, 0.05) is 91.5 Å². The monoisotopic (exact) mass is 1460 g/mol. The standard InChI is InChI=1S/C73H88N14O15S2/c1-44(2)61(81-57(88)18-7-6-10-29-86-59(90)25-26-60(86)91)65(94)78-54(16-12-28-75-67(74)97)64(93)77-48-21-19-46(20-22-48)36-102-69(98)85(31-32-104(99,100)101)35-58(89)83-73-40-70(4)37-71(5,41-73)39-72(38-70,42-73)43-87-45(3)51(33-76-87)49-23-24-56(80-62(49)66(95)96)84-30-27-47-13-11-14-50(52(47)34-84)63(92)82-68-79-53-15-8-9-17-55(53)103-68/h8-9,11,13-15,17,19-26,33,44,54,61H,6-7,10,12,16,18,27-32,34-43H2,1-5H3,(H,77,93)(H,78,94)(H,81,88)(H,83,89)(H,95,96)(H3,74,75,97)(H,79,82,92)(H,99,100,101)/t54-,61?,70?,71?,72?,73?/m0/s1. The zero-order chi connectivity index (χ0) is 74.5. The van der Waals surface area contributed by atoms with Crippen molar-refractivity contribution in [1.82, 2.24) is 50.8 Å². The number of carboxylic acid groups (broad SMARTS) is 1. The van der Waals surface area contributed by atoms with Gasteiger partial charge in [-0.25, -0.2) is 24.4 Å². The van der Waals surface area contributed by atoms with Crippen molar-refractivity contribution in [3.8, 4) is 11.1 Å². The van der Waals surface area contributed by atoms with Crippen LogP contribution < -0.4 is 42.5 Å². The molecule has 0 radical (unpaired) electrons.